The molecule has 0 atom stereocenters. The van der Waals surface area contributed by atoms with Gasteiger partial charge in [-0.3, -0.25) is 0 Å². The average Bonchev–Trinajstić information content (AvgIpc) is 2.19. The molecule has 0 spiro atoms. The number of rotatable bonds is 2. The molecule has 0 aliphatic carbocycles. The molecular formula is C11H15ClN2. The van der Waals surface area contributed by atoms with Crippen molar-refractivity contribution in [3.05, 3.63) is 29.0 Å². The summed E-state index contributed by atoms with van der Waals surface area (Å²) in [5.74, 6) is 0.815. The molecule has 14 heavy (non-hydrogen) atoms. The summed E-state index contributed by atoms with van der Waals surface area (Å²) >= 11 is 5.84. The summed E-state index contributed by atoms with van der Waals surface area (Å²) in [4.78, 5) is 3.99. The van der Waals surface area contributed by atoms with E-state index in [2.05, 4.69) is 16.4 Å². The standard InChI is InChI=1S/C11H15ClN2/c12-11-8-10(3-6-14-11)7-9-1-4-13-5-2-9/h3,6,8-9,13H,1-2,4-5,7H2. The molecule has 0 unspecified atom stereocenters. The van der Waals surface area contributed by atoms with Gasteiger partial charge in [0.25, 0.3) is 0 Å². The van der Waals surface area contributed by atoms with Crippen LogP contribution in [-0.2, 0) is 6.42 Å². The normalized spacial score (nSPS) is 18.4. The monoisotopic (exact) mass is 210 g/mol. The minimum absolute atomic E-state index is 0.608. The number of hydrogen-bond donors (Lipinski definition) is 1. The van der Waals surface area contributed by atoms with Crippen LogP contribution in [0.1, 0.15) is 18.4 Å². The molecule has 0 amide bonds. The van der Waals surface area contributed by atoms with E-state index in [4.69, 9.17) is 11.6 Å². The van der Waals surface area contributed by atoms with Crippen molar-refractivity contribution in [2.75, 3.05) is 13.1 Å². The molecule has 1 aromatic heterocycles. The summed E-state index contributed by atoms with van der Waals surface area (Å²) in [7, 11) is 0. The summed E-state index contributed by atoms with van der Waals surface area (Å²) in [6.45, 7) is 2.31. The third-order valence-electron chi connectivity index (χ3n) is 2.77. The maximum absolute atomic E-state index is 5.84. The zero-order valence-corrected chi connectivity index (χ0v) is 8.93. The lowest BCUT2D eigenvalue weighted by Gasteiger charge is -2.22. The fourth-order valence-corrected chi connectivity index (χ4v) is 2.19. The predicted molar refractivity (Wildman–Crippen MR) is 58.5 cm³/mol. The van der Waals surface area contributed by atoms with E-state index in [0.717, 1.165) is 25.4 Å². The molecule has 1 saturated heterocycles. The first-order chi connectivity index (χ1) is 6.84. The molecule has 3 heteroatoms. The van der Waals surface area contributed by atoms with Crippen molar-refractivity contribution in [2.45, 2.75) is 19.3 Å². The molecule has 0 radical (unpaired) electrons. The molecule has 2 rings (SSSR count). The highest BCUT2D eigenvalue weighted by Crippen LogP contribution is 2.18. The molecule has 2 nitrogen and oxygen atoms in total. The van der Waals surface area contributed by atoms with Gasteiger partial charge in [-0.1, -0.05) is 11.6 Å². The molecule has 76 valence electrons. The van der Waals surface area contributed by atoms with Crippen molar-refractivity contribution < 1.29 is 0 Å². The van der Waals surface area contributed by atoms with Gasteiger partial charge in [-0.2, -0.15) is 0 Å². The summed E-state index contributed by atoms with van der Waals surface area (Å²) in [5, 5.41) is 3.98. The van der Waals surface area contributed by atoms with Gasteiger partial charge in [-0.15, -0.1) is 0 Å². The second kappa shape index (κ2) is 4.76. The maximum Gasteiger partial charge on any atom is 0.129 e. The van der Waals surface area contributed by atoms with Crippen molar-refractivity contribution in [1.29, 1.82) is 0 Å². The summed E-state index contributed by atoms with van der Waals surface area (Å²) in [5.41, 5.74) is 1.32. The lowest BCUT2D eigenvalue weighted by Crippen LogP contribution is -2.28. The van der Waals surface area contributed by atoms with Crippen LogP contribution in [-0.4, -0.2) is 18.1 Å². The van der Waals surface area contributed by atoms with Gasteiger partial charge >= 0.3 is 0 Å². The topological polar surface area (TPSA) is 24.9 Å². The van der Waals surface area contributed by atoms with E-state index in [9.17, 15) is 0 Å². The van der Waals surface area contributed by atoms with Crippen molar-refractivity contribution in [2.24, 2.45) is 5.92 Å². The van der Waals surface area contributed by atoms with Crippen LogP contribution >= 0.6 is 11.6 Å². The molecule has 1 N–H and O–H groups in total. The largest absolute Gasteiger partial charge is 0.317 e. The second-order valence-corrected chi connectivity index (χ2v) is 4.27. The van der Waals surface area contributed by atoms with Crippen molar-refractivity contribution in [3.8, 4) is 0 Å². The van der Waals surface area contributed by atoms with E-state index < -0.39 is 0 Å². The predicted octanol–water partition coefficient (Wildman–Crippen LogP) is 2.28. The number of piperidine rings is 1. The number of pyridine rings is 1. The summed E-state index contributed by atoms with van der Waals surface area (Å²) in [6, 6.07) is 4.04. The molecule has 1 fully saturated rings. The Labute approximate surface area is 89.7 Å². The first-order valence-electron chi connectivity index (χ1n) is 5.16. The first-order valence-corrected chi connectivity index (χ1v) is 5.53. The minimum Gasteiger partial charge on any atom is -0.317 e. The van der Waals surface area contributed by atoms with Crippen molar-refractivity contribution >= 4 is 11.6 Å². The van der Waals surface area contributed by atoms with Gasteiger partial charge in [0.1, 0.15) is 5.15 Å². The van der Waals surface area contributed by atoms with Gasteiger partial charge in [0, 0.05) is 6.20 Å². The third kappa shape index (κ3) is 2.69. The molecule has 0 bridgehead atoms. The smallest absolute Gasteiger partial charge is 0.129 e. The number of hydrogen-bond acceptors (Lipinski definition) is 2. The van der Waals surface area contributed by atoms with E-state index in [0.29, 0.717) is 5.15 Å². The highest BCUT2D eigenvalue weighted by molar-refractivity contribution is 6.29. The van der Waals surface area contributed by atoms with Crippen LogP contribution < -0.4 is 5.32 Å². The van der Waals surface area contributed by atoms with Crippen LogP contribution in [0.2, 0.25) is 5.15 Å². The molecule has 1 aliphatic heterocycles. The number of nitrogens with one attached hydrogen (secondary N) is 1. The zero-order chi connectivity index (χ0) is 9.80. The molecule has 0 aromatic carbocycles. The second-order valence-electron chi connectivity index (χ2n) is 3.88. The Hall–Kier alpha value is -0.600. The van der Waals surface area contributed by atoms with E-state index in [1.807, 2.05) is 6.07 Å². The molecule has 0 saturated carbocycles. The Balaban J connectivity index is 1.95. The van der Waals surface area contributed by atoms with Crippen LogP contribution in [0, 0.1) is 5.92 Å². The average molecular weight is 211 g/mol. The Morgan fingerprint density at radius 1 is 1.43 bits per heavy atom. The van der Waals surface area contributed by atoms with Gasteiger partial charge in [-0.05, 0) is 56.0 Å². The van der Waals surface area contributed by atoms with Crippen molar-refractivity contribution in [3.63, 3.8) is 0 Å². The molecule has 1 aliphatic rings. The lowest BCUT2D eigenvalue weighted by molar-refractivity contribution is 0.372. The van der Waals surface area contributed by atoms with Gasteiger partial charge in [0.15, 0.2) is 0 Å². The first kappa shape index (κ1) is 9.94. The maximum atomic E-state index is 5.84. The molecule has 2 heterocycles. The van der Waals surface area contributed by atoms with Gasteiger partial charge in [0.2, 0.25) is 0 Å². The van der Waals surface area contributed by atoms with Gasteiger partial charge in [-0.25, -0.2) is 4.98 Å². The number of halogens is 1. The SMILES string of the molecule is Clc1cc(CC2CCNCC2)ccn1. The van der Waals surface area contributed by atoms with Crippen LogP contribution in [0.5, 0.6) is 0 Å². The highest BCUT2D eigenvalue weighted by atomic mass is 35.5. The highest BCUT2D eigenvalue weighted by Gasteiger charge is 2.13. The fourth-order valence-electron chi connectivity index (χ4n) is 1.99. The van der Waals surface area contributed by atoms with E-state index in [1.165, 1.54) is 18.4 Å². The Kier molecular flexibility index (Phi) is 3.38. The van der Waals surface area contributed by atoms with Crippen LogP contribution in [0.4, 0.5) is 0 Å². The number of aromatic nitrogens is 1. The fraction of sp³-hybridized carbons (Fsp3) is 0.545. The molecular weight excluding hydrogens is 196 g/mol. The summed E-state index contributed by atoms with van der Waals surface area (Å²) in [6.07, 6.45) is 5.49. The van der Waals surface area contributed by atoms with E-state index in [-0.39, 0.29) is 0 Å². The Bertz CT molecular complexity index is 295. The van der Waals surface area contributed by atoms with Crippen LogP contribution in [0.15, 0.2) is 18.3 Å². The quantitative estimate of drug-likeness (QED) is 0.758. The summed E-state index contributed by atoms with van der Waals surface area (Å²) < 4.78 is 0. The van der Waals surface area contributed by atoms with Crippen molar-refractivity contribution in [1.82, 2.24) is 10.3 Å². The minimum atomic E-state index is 0.608. The zero-order valence-electron chi connectivity index (χ0n) is 8.17. The van der Waals surface area contributed by atoms with Gasteiger partial charge < -0.3 is 5.32 Å². The molecule has 1 aromatic rings. The van der Waals surface area contributed by atoms with Crippen LogP contribution in [0.25, 0.3) is 0 Å². The van der Waals surface area contributed by atoms with E-state index in [1.54, 1.807) is 6.20 Å². The number of nitrogens with zero attached hydrogens (tertiary/aromatic N) is 1. The Morgan fingerprint density at radius 3 is 2.93 bits per heavy atom. The van der Waals surface area contributed by atoms with Crippen LogP contribution in [0.3, 0.4) is 0 Å². The van der Waals surface area contributed by atoms with E-state index >= 15 is 0 Å². The van der Waals surface area contributed by atoms with Gasteiger partial charge in [0.05, 0.1) is 0 Å². The Morgan fingerprint density at radius 2 is 2.21 bits per heavy atom. The lowest BCUT2D eigenvalue weighted by atomic mass is 9.91. The third-order valence-corrected chi connectivity index (χ3v) is 2.98.